The summed E-state index contributed by atoms with van der Waals surface area (Å²) in [6.07, 6.45) is 2.28. The Bertz CT molecular complexity index is 1200. The molecule has 0 aliphatic heterocycles. The van der Waals surface area contributed by atoms with Crippen LogP contribution in [0.5, 0.6) is 0 Å². The van der Waals surface area contributed by atoms with E-state index in [1.807, 2.05) is 97.1 Å². The molecule has 186 valence electrons. The average Bonchev–Trinajstić information content (AvgIpc) is 3.52. The van der Waals surface area contributed by atoms with Gasteiger partial charge in [-0.1, -0.05) is 116 Å². The minimum atomic E-state index is 0. The van der Waals surface area contributed by atoms with Gasteiger partial charge in [-0.25, -0.2) is 2.56 Å². The molecule has 0 bridgehead atoms. The fraction of sp³-hybridized carbons (Fsp3) is 0.100. The van der Waals surface area contributed by atoms with E-state index in [2.05, 4.69) is 43.8 Å². The number of nitrogens with zero attached hydrogens (tertiary/aromatic N) is 2. The van der Waals surface area contributed by atoms with Gasteiger partial charge in [0.05, 0.1) is 5.71 Å². The number of unbranched alkanes of at least 4 members (excludes halogenated alkanes) is 1. The van der Waals surface area contributed by atoms with Crippen LogP contribution in [0.1, 0.15) is 42.0 Å². The number of benzene rings is 4. The Morgan fingerprint density at radius 1 is 0.610 bits per heavy atom. The summed E-state index contributed by atoms with van der Waals surface area (Å²) >= 11 is 0. The minimum Gasteiger partial charge on any atom is -0.791 e. The fourth-order valence-electron chi connectivity index (χ4n) is 4.19. The first-order valence-corrected chi connectivity index (χ1v) is 11.3. The summed E-state index contributed by atoms with van der Waals surface area (Å²) in [5, 5.41) is 26.4. The number of fused-ring (bicyclic) bond motifs is 6. The molecule has 4 aromatic rings. The molecular weight excluding hydrogens is 613 g/mol. The third-order valence-corrected chi connectivity index (χ3v) is 5.85. The van der Waals surface area contributed by atoms with Crippen LogP contribution in [0.4, 0.5) is 0 Å². The van der Waals surface area contributed by atoms with Gasteiger partial charge < -0.3 is 42.2 Å². The summed E-state index contributed by atoms with van der Waals surface area (Å²) in [6.45, 7) is 5.72. The van der Waals surface area contributed by atoms with Crippen LogP contribution in [-0.4, -0.2) is 19.2 Å². The topological polar surface area (TPSA) is 68.0 Å². The Morgan fingerprint density at radius 3 is 1.02 bits per heavy atom. The maximum atomic E-state index is 10.8. The molecule has 11 heteroatoms. The summed E-state index contributed by atoms with van der Waals surface area (Å²) in [7, 11) is 4.44. The largest absolute Gasteiger partial charge is 1.00 e. The Hall–Kier alpha value is 2.78. The van der Waals surface area contributed by atoms with Gasteiger partial charge in [0.2, 0.25) is 0 Å². The van der Waals surface area contributed by atoms with E-state index in [4.69, 9.17) is 7.76 Å². The number of oxime groups is 1. The van der Waals surface area contributed by atoms with Crippen LogP contribution in [0.15, 0.2) is 107 Å². The van der Waals surface area contributed by atoms with Crippen LogP contribution in [0.2, 0.25) is 0 Å². The van der Waals surface area contributed by atoms with Crippen molar-refractivity contribution in [2.24, 2.45) is 10.3 Å². The molecule has 0 fully saturated rings. The average molecular weight is 648 g/mol. The molecule has 0 unspecified atom stereocenters. The first kappa shape index (κ1) is 45.9. The molecule has 0 atom stereocenters. The molecule has 0 radical (unpaired) electrons. The quantitative estimate of drug-likeness (QED) is 0.0635. The van der Waals surface area contributed by atoms with Crippen LogP contribution >= 0.6 is 19.7 Å². The molecule has 0 amide bonds. The minimum absolute atomic E-state index is 0. The second-order valence-corrected chi connectivity index (χ2v) is 7.92. The SMILES string of the molecule is ON=C1c2ccccc2-c2ccccc21.[3H][PH-].[3H][PH-].[CH2-]CCC.[K+].[K+].[K+].[Li+].[Li+].[O-]N=C1c2ccccc2-c2ccccc21. The molecule has 4 nitrogen and oxygen atoms in total. The first-order valence-electron chi connectivity index (χ1n) is 12.3. The predicted molar refractivity (Wildman–Crippen MR) is 160 cm³/mol. The summed E-state index contributed by atoms with van der Waals surface area (Å²) in [4.78, 5) is 0. The molecule has 0 saturated carbocycles. The zero-order valence-electron chi connectivity index (χ0n) is 27.1. The third-order valence-electron chi connectivity index (χ3n) is 5.85. The van der Waals surface area contributed by atoms with Crippen LogP contribution in [0, 0.1) is 12.1 Å². The van der Waals surface area contributed by atoms with Crippen molar-refractivity contribution < 1.29 is 197 Å². The molecule has 1 N–H and O–H groups in total. The van der Waals surface area contributed by atoms with Gasteiger partial charge in [0, 0.05) is 22.3 Å². The standard InChI is InChI=1S/2C13H9NO.C4H9.3K.2Li.2H2P/c2*15-14-13-11-7-3-1-5-9(11)10-6-2-4-8-12(10)13;1-3-4-2;;;;;;;/h2*1-8,15H;1,3-4H2,2H3;;;;;;2*1H2/q;;-1;5*+1;2*-1/p-1/i;;;;;;;;2*1T. The normalized spacial score (nSPS) is 9.95. The van der Waals surface area contributed by atoms with Crippen molar-refractivity contribution in [2.45, 2.75) is 19.8 Å². The first-order chi connectivity index (χ1) is 18.7. The fourth-order valence-corrected chi connectivity index (χ4v) is 4.19. The van der Waals surface area contributed by atoms with Gasteiger partial charge in [-0.2, -0.15) is 6.42 Å². The van der Waals surface area contributed by atoms with Gasteiger partial charge in [-0.15, -0.1) is 0 Å². The second kappa shape index (κ2) is 26.8. The van der Waals surface area contributed by atoms with Gasteiger partial charge in [0.15, 0.2) is 0 Å². The van der Waals surface area contributed by atoms with E-state index in [0.29, 0.717) is 11.4 Å². The number of hydrogen-bond acceptors (Lipinski definition) is 4. The van der Waals surface area contributed by atoms with Crippen molar-refractivity contribution in [3.8, 4) is 22.3 Å². The van der Waals surface area contributed by atoms with Gasteiger partial charge in [0.25, 0.3) is 0 Å². The molecule has 4 aromatic carbocycles. The van der Waals surface area contributed by atoms with Gasteiger partial charge in [0.1, 0.15) is 5.71 Å². The maximum absolute atomic E-state index is 10.8. The molecule has 0 spiro atoms. The summed E-state index contributed by atoms with van der Waals surface area (Å²) in [6, 6.07) is 31.7. The van der Waals surface area contributed by atoms with Gasteiger partial charge in [-0.05, 0) is 22.3 Å². The van der Waals surface area contributed by atoms with Gasteiger partial charge in [-0.3, -0.25) is 0 Å². The number of rotatable bonds is 1. The smallest absolute Gasteiger partial charge is 0.791 e. The van der Waals surface area contributed by atoms with Crippen LogP contribution in [-0.2, 0) is 0 Å². The molecule has 0 saturated heterocycles. The molecule has 2 aliphatic carbocycles. The van der Waals surface area contributed by atoms with Crippen LogP contribution < -0.4 is 192 Å². The maximum Gasteiger partial charge on any atom is 1.00 e. The van der Waals surface area contributed by atoms with E-state index in [0.717, 1.165) is 50.9 Å². The Labute approximate surface area is 406 Å². The van der Waals surface area contributed by atoms with Crippen molar-refractivity contribution >= 4 is 31.1 Å². The van der Waals surface area contributed by atoms with E-state index in [-0.39, 0.29) is 192 Å². The van der Waals surface area contributed by atoms with Gasteiger partial charge >= 0.3 is 192 Å². The summed E-state index contributed by atoms with van der Waals surface area (Å²) in [5.41, 5.74) is 9.58. The molecular formula is C30H30K3Li2N2O2P2+. The van der Waals surface area contributed by atoms with E-state index >= 15 is 0 Å². The van der Waals surface area contributed by atoms with E-state index < -0.39 is 0 Å². The van der Waals surface area contributed by atoms with Crippen molar-refractivity contribution in [1.29, 1.82) is 2.56 Å². The van der Waals surface area contributed by atoms with Crippen LogP contribution in [0.3, 0.4) is 0 Å². The summed E-state index contributed by atoms with van der Waals surface area (Å²) in [5.74, 6) is 0. The Balaban J connectivity index is -0.000000261. The van der Waals surface area contributed by atoms with Crippen molar-refractivity contribution in [3.63, 3.8) is 0 Å². The second-order valence-electron chi connectivity index (χ2n) is 7.92. The molecule has 0 aromatic heterocycles. The van der Waals surface area contributed by atoms with Crippen LogP contribution in [0.25, 0.3) is 22.3 Å². The molecule has 6 rings (SSSR count). The molecule has 41 heavy (non-hydrogen) atoms. The van der Waals surface area contributed by atoms with E-state index in [1.165, 1.54) is 6.42 Å². The Kier molecular flexibility index (Phi) is 30.0. The molecule has 0 heterocycles. The van der Waals surface area contributed by atoms with Crippen molar-refractivity contribution in [2.75, 3.05) is 0 Å². The molecule has 2 aliphatic rings. The zero-order chi connectivity index (χ0) is 27.9. The van der Waals surface area contributed by atoms with E-state index in [9.17, 15) is 5.21 Å². The van der Waals surface area contributed by atoms with E-state index in [1.54, 1.807) is 0 Å². The monoisotopic (exact) mass is 647 g/mol. The third kappa shape index (κ3) is 12.4. The predicted octanol–water partition coefficient (Wildman–Crippen LogP) is -6.81. The van der Waals surface area contributed by atoms with Crippen molar-refractivity contribution in [3.05, 3.63) is 131 Å². The zero-order valence-corrected chi connectivity index (χ0v) is 36.5. The summed E-state index contributed by atoms with van der Waals surface area (Å²) < 4.78 is 11.1. The Morgan fingerprint density at radius 2 is 0.829 bits per heavy atom. The number of hydrogen-bond donors (Lipinski definition) is 1. The van der Waals surface area contributed by atoms with Crippen molar-refractivity contribution in [1.82, 2.24) is 0 Å².